The molecular formula is C16H12BrClN4O2. The van der Waals surface area contributed by atoms with E-state index in [4.69, 9.17) is 11.6 Å². The van der Waals surface area contributed by atoms with Gasteiger partial charge in [-0.05, 0) is 43.3 Å². The van der Waals surface area contributed by atoms with Crippen LogP contribution in [0.2, 0.25) is 5.02 Å². The molecule has 0 aliphatic carbocycles. The zero-order valence-electron chi connectivity index (χ0n) is 12.5. The van der Waals surface area contributed by atoms with E-state index in [1.54, 1.807) is 11.6 Å². The zero-order chi connectivity index (χ0) is 17.3. The van der Waals surface area contributed by atoms with Crippen LogP contribution in [0.15, 0.2) is 46.9 Å². The molecule has 3 rings (SSSR count). The van der Waals surface area contributed by atoms with Crippen LogP contribution in [0.5, 0.6) is 5.75 Å². The quantitative estimate of drug-likeness (QED) is 0.644. The van der Waals surface area contributed by atoms with Crippen molar-refractivity contribution in [2.75, 3.05) is 5.32 Å². The Bertz CT molecular complexity index is 926. The van der Waals surface area contributed by atoms with Crippen molar-refractivity contribution in [1.82, 2.24) is 15.0 Å². The highest BCUT2D eigenvalue weighted by Gasteiger charge is 2.18. The van der Waals surface area contributed by atoms with Gasteiger partial charge in [-0.2, -0.15) is 0 Å². The van der Waals surface area contributed by atoms with Crippen molar-refractivity contribution in [2.24, 2.45) is 0 Å². The van der Waals surface area contributed by atoms with Gasteiger partial charge in [0.05, 0.1) is 17.1 Å². The fraction of sp³-hybridized carbons (Fsp3) is 0.0625. The van der Waals surface area contributed by atoms with Gasteiger partial charge in [-0.3, -0.25) is 4.79 Å². The first-order valence-electron chi connectivity index (χ1n) is 6.94. The molecule has 8 heteroatoms. The lowest BCUT2D eigenvalue weighted by Crippen LogP contribution is -2.14. The predicted molar refractivity (Wildman–Crippen MR) is 94.9 cm³/mol. The minimum atomic E-state index is -0.480. The summed E-state index contributed by atoms with van der Waals surface area (Å²) >= 11 is 9.28. The molecule has 0 unspecified atom stereocenters. The first-order valence-corrected chi connectivity index (χ1v) is 8.11. The summed E-state index contributed by atoms with van der Waals surface area (Å²) in [6.07, 6.45) is 0. The Kier molecular flexibility index (Phi) is 4.55. The second-order valence-corrected chi connectivity index (χ2v) is 6.38. The van der Waals surface area contributed by atoms with Crippen LogP contribution in [0, 0.1) is 6.92 Å². The molecule has 0 atom stereocenters. The third kappa shape index (κ3) is 3.27. The first-order chi connectivity index (χ1) is 11.5. The fourth-order valence-electron chi connectivity index (χ4n) is 2.18. The number of carbonyl (C=O) groups excluding carboxylic acids is 1. The number of hydrogen-bond donors (Lipinski definition) is 2. The van der Waals surface area contributed by atoms with Crippen molar-refractivity contribution in [3.63, 3.8) is 0 Å². The van der Waals surface area contributed by atoms with Crippen molar-refractivity contribution in [3.05, 3.63) is 63.3 Å². The first kappa shape index (κ1) is 16.5. The third-order valence-corrected chi connectivity index (χ3v) is 4.10. The highest BCUT2D eigenvalue weighted by Crippen LogP contribution is 2.27. The van der Waals surface area contributed by atoms with E-state index >= 15 is 0 Å². The van der Waals surface area contributed by atoms with Crippen LogP contribution in [-0.2, 0) is 0 Å². The average molecular weight is 408 g/mol. The van der Waals surface area contributed by atoms with Crippen molar-refractivity contribution in [3.8, 4) is 11.4 Å². The van der Waals surface area contributed by atoms with Crippen LogP contribution < -0.4 is 5.32 Å². The van der Waals surface area contributed by atoms with Gasteiger partial charge >= 0.3 is 0 Å². The Labute approximate surface area is 151 Å². The summed E-state index contributed by atoms with van der Waals surface area (Å²) < 4.78 is 2.46. The number of anilines is 1. The summed E-state index contributed by atoms with van der Waals surface area (Å²) in [7, 11) is 0. The summed E-state index contributed by atoms with van der Waals surface area (Å²) in [5, 5.41) is 20.7. The Balaban J connectivity index is 1.90. The fourth-order valence-corrected chi connectivity index (χ4v) is 2.74. The number of benzene rings is 2. The summed E-state index contributed by atoms with van der Waals surface area (Å²) in [4.78, 5) is 12.4. The number of aromatic nitrogens is 3. The highest BCUT2D eigenvalue weighted by molar-refractivity contribution is 9.10. The van der Waals surface area contributed by atoms with Gasteiger partial charge in [-0.25, -0.2) is 4.68 Å². The van der Waals surface area contributed by atoms with Gasteiger partial charge in [0.25, 0.3) is 5.91 Å². The number of phenols is 1. The molecule has 3 aromatic rings. The van der Waals surface area contributed by atoms with Crippen LogP contribution in [0.1, 0.15) is 16.2 Å². The summed E-state index contributed by atoms with van der Waals surface area (Å²) in [6, 6.07) is 11.9. The smallest absolute Gasteiger partial charge is 0.278 e. The number of nitrogens with zero attached hydrogens (tertiary/aromatic N) is 3. The number of halogens is 2. The van der Waals surface area contributed by atoms with Crippen LogP contribution in [0.3, 0.4) is 0 Å². The molecule has 0 bridgehead atoms. The van der Waals surface area contributed by atoms with Crippen molar-refractivity contribution < 1.29 is 9.90 Å². The van der Waals surface area contributed by atoms with E-state index in [-0.39, 0.29) is 17.1 Å². The van der Waals surface area contributed by atoms with Gasteiger partial charge in [0.15, 0.2) is 5.69 Å². The molecule has 1 heterocycles. The molecule has 1 aromatic heterocycles. The molecule has 122 valence electrons. The van der Waals surface area contributed by atoms with Gasteiger partial charge in [-0.15, -0.1) is 5.10 Å². The van der Waals surface area contributed by atoms with Gasteiger partial charge in [-0.1, -0.05) is 38.8 Å². The highest BCUT2D eigenvalue weighted by atomic mass is 79.9. The monoisotopic (exact) mass is 406 g/mol. The standard InChI is InChI=1S/C16H12BrClN4O2/c1-9-15(16(24)19-13-8-11(18)5-6-14(13)23)20-21-22(9)12-4-2-3-10(17)7-12/h2-8,23H,1H3,(H,19,24). The molecule has 2 aromatic carbocycles. The van der Waals surface area contributed by atoms with E-state index in [0.29, 0.717) is 10.7 Å². The minimum Gasteiger partial charge on any atom is -0.506 e. The Hall–Kier alpha value is -2.38. The average Bonchev–Trinajstić information content (AvgIpc) is 2.92. The molecule has 0 aliphatic rings. The SMILES string of the molecule is Cc1c(C(=O)Nc2cc(Cl)ccc2O)nnn1-c1cccc(Br)c1. The maximum absolute atomic E-state index is 12.4. The molecule has 0 spiro atoms. The summed E-state index contributed by atoms with van der Waals surface area (Å²) in [5.74, 6) is -0.559. The number of amides is 1. The topological polar surface area (TPSA) is 80.0 Å². The lowest BCUT2D eigenvalue weighted by atomic mass is 10.2. The second kappa shape index (κ2) is 6.62. The molecule has 0 saturated carbocycles. The maximum atomic E-state index is 12.4. The van der Waals surface area contributed by atoms with Crippen LogP contribution in [-0.4, -0.2) is 26.0 Å². The Morgan fingerprint density at radius 2 is 2.08 bits per heavy atom. The molecule has 0 radical (unpaired) electrons. The molecule has 24 heavy (non-hydrogen) atoms. The van der Waals surface area contributed by atoms with E-state index in [2.05, 4.69) is 31.6 Å². The molecule has 0 fully saturated rings. The number of aromatic hydroxyl groups is 1. The van der Waals surface area contributed by atoms with Crippen molar-refractivity contribution >= 4 is 39.1 Å². The van der Waals surface area contributed by atoms with E-state index in [1.807, 2.05) is 24.3 Å². The number of rotatable bonds is 3. The molecule has 1 amide bonds. The van der Waals surface area contributed by atoms with Gasteiger partial charge in [0, 0.05) is 9.50 Å². The van der Waals surface area contributed by atoms with E-state index in [0.717, 1.165) is 10.2 Å². The Morgan fingerprint density at radius 3 is 2.83 bits per heavy atom. The van der Waals surface area contributed by atoms with Crippen molar-refractivity contribution in [2.45, 2.75) is 6.92 Å². The molecular weight excluding hydrogens is 396 g/mol. The van der Waals surface area contributed by atoms with E-state index in [1.165, 1.54) is 18.2 Å². The normalized spacial score (nSPS) is 10.6. The van der Waals surface area contributed by atoms with E-state index in [9.17, 15) is 9.90 Å². The van der Waals surface area contributed by atoms with Gasteiger partial charge < -0.3 is 10.4 Å². The molecule has 6 nitrogen and oxygen atoms in total. The lowest BCUT2D eigenvalue weighted by molar-refractivity contribution is 0.102. The number of carbonyl (C=O) groups is 1. The van der Waals surface area contributed by atoms with E-state index < -0.39 is 5.91 Å². The zero-order valence-corrected chi connectivity index (χ0v) is 14.8. The predicted octanol–water partition coefficient (Wildman–Crippen LogP) is 3.95. The van der Waals surface area contributed by atoms with Crippen LogP contribution >= 0.6 is 27.5 Å². The molecule has 0 aliphatic heterocycles. The number of phenolic OH excluding ortho intramolecular Hbond substituents is 1. The number of nitrogens with one attached hydrogen (secondary N) is 1. The lowest BCUT2D eigenvalue weighted by Gasteiger charge is -2.07. The van der Waals surface area contributed by atoms with Crippen LogP contribution in [0.25, 0.3) is 5.69 Å². The van der Waals surface area contributed by atoms with Gasteiger partial charge in [0.1, 0.15) is 5.75 Å². The second-order valence-electron chi connectivity index (χ2n) is 5.03. The third-order valence-electron chi connectivity index (χ3n) is 3.37. The number of hydrogen-bond acceptors (Lipinski definition) is 4. The minimum absolute atomic E-state index is 0.0789. The van der Waals surface area contributed by atoms with Crippen LogP contribution in [0.4, 0.5) is 5.69 Å². The van der Waals surface area contributed by atoms with Gasteiger partial charge in [0.2, 0.25) is 0 Å². The molecule has 2 N–H and O–H groups in total. The maximum Gasteiger partial charge on any atom is 0.278 e. The molecule has 0 saturated heterocycles. The largest absolute Gasteiger partial charge is 0.506 e. The van der Waals surface area contributed by atoms with Crippen molar-refractivity contribution in [1.29, 1.82) is 0 Å². The summed E-state index contributed by atoms with van der Waals surface area (Å²) in [6.45, 7) is 1.74. The summed E-state index contributed by atoms with van der Waals surface area (Å²) in [5.41, 5.74) is 1.73. The Morgan fingerprint density at radius 1 is 1.29 bits per heavy atom.